The Morgan fingerprint density at radius 2 is 1.63 bits per heavy atom. The van der Waals surface area contributed by atoms with Crippen LogP contribution in [0.4, 0.5) is 10.5 Å². The van der Waals surface area contributed by atoms with Crippen molar-refractivity contribution in [1.82, 2.24) is 10.3 Å². The summed E-state index contributed by atoms with van der Waals surface area (Å²) in [4.78, 5) is 15.3. The molecule has 0 spiro atoms. The van der Waals surface area contributed by atoms with E-state index in [0.29, 0.717) is 6.54 Å². The van der Waals surface area contributed by atoms with Crippen LogP contribution >= 0.6 is 11.6 Å². The average molecular weight is 432 g/mol. The predicted octanol–water partition coefficient (Wildman–Crippen LogP) is 6.57. The third-order valence-corrected chi connectivity index (χ3v) is 6.14. The van der Waals surface area contributed by atoms with E-state index in [2.05, 4.69) is 10.6 Å². The lowest BCUT2D eigenvalue weighted by Crippen LogP contribution is -2.21. The van der Waals surface area contributed by atoms with Gasteiger partial charge in [0, 0.05) is 34.9 Å². The van der Waals surface area contributed by atoms with Crippen LogP contribution in [0.3, 0.4) is 0 Å². The third kappa shape index (κ3) is 6.76. The Bertz CT molecular complexity index is 841. The molecular weight excluding hydrogens is 398 g/mol. The number of amides is 1. The van der Waals surface area contributed by atoms with Crippen LogP contribution in [0.25, 0.3) is 10.9 Å². The van der Waals surface area contributed by atoms with Crippen LogP contribution in [0.1, 0.15) is 75.5 Å². The highest BCUT2D eigenvalue weighted by Crippen LogP contribution is 2.34. The fourth-order valence-electron chi connectivity index (χ4n) is 4.32. The van der Waals surface area contributed by atoms with Crippen molar-refractivity contribution >= 4 is 34.3 Å². The fourth-order valence-corrected chi connectivity index (χ4v) is 4.49. The van der Waals surface area contributed by atoms with Crippen LogP contribution < -0.4 is 10.6 Å². The lowest BCUT2D eigenvalue weighted by molar-refractivity contribution is 0.194. The summed E-state index contributed by atoms with van der Waals surface area (Å²) in [6.07, 6.45) is 13.1. The van der Waals surface area contributed by atoms with E-state index in [-0.39, 0.29) is 0 Å². The first kappa shape index (κ1) is 22.7. The second-order valence-electron chi connectivity index (χ2n) is 8.27. The van der Waals surface area contributed by atoms with E-state index in [1.807, 2.05) is 18.2 Å². The second-order valence-corrected chi connectivity index (χ2v) is 8.70. The molecule has 3 rings (SSSR count). The van der Waals surface area contributed by atoms with Crippen molar-refractivity contribution in [1.29, 1.82) is 0 Å². The number of hydrogen-bond donors (Lipinski definition) is 3. The molecule has 0 atom stereocenters. The van der Waals surface area contributed by atoms with Crippen molar-refractivity contribution < 1.29 is 9.90 Å². The molecule has 2 aromatic rings. The summed E-state index contributed by atoms with van der Waals surface area (Å²) >= 11 is 6.27. The Kier molecular flexibility index (Phi) is 9.06. The van der Waals surface area contributed by atoms with Crippen molar-refractivity contribution in [2.24, 2.45) is 0 Å². The number of aromatic nitrogens is 1. The van der Waals surface area contributed by atoms with Crippen LogP contribution in [0.5, 0.6) is 0 Å². The number of nitrogens with zero attached hydrogens (tertiary/aromatic N) is 1. The lowest BCUT2D eigenvalue weighted by Gasteiger charge is -2.22. The molecule has 1 aliphatic rings. The summed E-state index contributed by atoms with van der Waals surface area (Å²) in [5.41, 5.74) is 4.96. The Balaban J connectivity index is 1.39. The largest absolute Gasteiger partial charge is 0.465 e. The minimum Gasteiger partial charge on any atom is -0.465 e. The number of halogens is 1. The van der Waals surface area contributed by atoms with Gasteiger partial charge < -0.3 is 15.7 Å². The highest BCUT2D eigenvalue weighted by molar-refractivity contribution is 6.31. The number of nitrogens with one attached hydrogen (secondary N) is 2. The van der Waals surface area contributed by atoms with E-state index < -0.39 is 6.09 Å². The van der Waals surface area contributed by atoms with Gasteiger partial charge in [-0.2, -0.15) is 0 Å². The SMILES string of the molecule is O=C(O)NCCCCCCCCCCNc1c2c(nc3ccc(Cl)cc13)CCCC2. The molecule has 0 aliphatic heterocycles. The number of unbranched alkanes of at least 4 members (excludes halogenated alkanes) is 7. The van der Waals surface area contributed by atoms with E-state index in [4.69, 9.17) is 21.7 Å². The fraction of sp³-hybridized carbons (Fsp3) is 0.583. The van der Waals surface area contributed by atoms with E-state index in [0.717, 1.165) is 48.2 Å². The van der Waals surface area contributed by atoms with Crippen molar-refractivity contribution in [2.75, 3.05) is 18.4 Å². The second kappa shape index (κ2) is 12.0. The number of anilines is 1. The minimum atomic E-state index is -0.924. The molecule has 0 radical (unpaired) electrons. The Morgan fingerprint density at radius 3 is 2.37 bits per heavy atom. The Hall–Kier alpha value is -2.01. The van der Waals surface area contributed by atoms with Gasteiger partial charge in [0.15, 0.2) is 0 Å². The molecule has 0 saturated carbocycles. The maximum Gasteiger partial charge on any atom is 0.404 e. The number of hydrogen-bond acceptors (Lipinski definition) is 3. The third-order valence-electron chi connectivity index (χ3n) is 5.91. The van der Waals surface area contributed by atoms with E-state index in [9.17, 15) is 4.79 Å². The van der Waals surface area contributed by atoms with Crippen LogP contribution in [-0.4, -0.2) is 29.3 Å². The molecule has 3 N–H and O–H groups in total. The average Bonchev–Trinajstić information content (AvgIpc) is 2.74. The van der Waals surface area contributed by atoms with Gasteiger partial charge in [0.25, 0.3) is 0 Å². The summed E-state index contributed by atoms with van der Waals surface area (Å²) < 4.78 is 0. The van der Waals surface area contributed by atoms with Crippen molar-refractivity contribution in [2.45, 2.75) is 77.0 Å². The molecule has 0 saturated heterocycles. The topological polar surface area (TPSA) is 74.2 Å². The standard InChI is InChI=1S/C24H34ClN3O2/c25-18-13-14-22-20(17-18)23(19-11-7-8-12-21(19)28-22)26-15-9-5-3-1-2-4-6-10-16-27-24(29)30/h13-14,17,27H,1-12,15-16H2,(H,26,28)(H,29,30). The zero-order valence-corrected chi connectivity index (χ0v) is 18.6. The summed E-state index contributed by atoms with van der Waals surface area (Å²) in [5, 5.41) is 16.6. The van der Waals surface area contributed by atoms with Gasteiger partial charge in [0.05, 0.1) is 5.52 Å². The molecule has 1 aromatic heterocycles. The van der Waals surface area contributed by atoms with Crippen LogP contribution in [0.15, 0.2) is 18.2 Å². The summed E-state index contributed by atoms with van der Waals surface area (Å²) in [6, 6.07) is 6.02. The van der Waals surface area contributed by atoms with E-state index in [1.165, 1.54) is 68.3 Å². The molecule has 0 unspecified atom stereocenters. The van der Waals surface area contributed by atoms with Crippen LogP contribution in [-0.2, 0) is 12.8 Å². The molecule has 1 heterocycles. The van der Waals surface area contributed by atoms with Crippen molar-refractivity contribution in [3.8, 4) is 0 Å². The molecule has 30 heavy (non-hydrogen) atoms. The normalized spacial score (nSPS) is 13.2. The maximum atomic E-state index is 10.4. The van der Waals surface area contributed by atoms with Gasteiger partial charge in [-0.1, -0.05) is 50.1 Å². The van der Waals surface area contributed by atoms with E-state index in [1.54, 1.807) is 0 Å². The highest BCUT2D eigenvalue weighted by atomic mass is 35.5. The summed E-state index contributed by atoms with van der Waals surface area (Å²) in [6.45, 7) is 1.55. The first-order valence-corrected chi connectivity index (χ1v) is 11.8. The molecule has 1 amide bonds. The van der Waals surface area contributed by atoms with Crippen molar-refractivity contribution in [3.05, 3.63) is 34.5 Å². The molecule has 6 heteroatoms. The zero-order valence-electron chi connectivity index (χ0n) is 17.8. The summed E-state index contributed by atoms with van der Waals surface area (Å²) in [7, 11) is 0. The van der Waals surface area contributed by atoms with Gasteiger partial charge in [-0.25, -0.2) is 4.79 Å². The zero-order chi connectivity index (χ0) is 21.2. The first-order chi connectivity index (χ1) is 14.6. The highest BCUT2D eigenvalue weighted by Gasteiger charge is 2.18. The summed E-state index contributed by atoms with van der Waals surface area (Å²) in [5.74, 6) is 0. The lowest BCUT2D eigenvalue weighted by atomic mass is 9.92. The molecule has 0 fully saturated rings. The number of carboxylic acid groups (broad SMARTS) is 1. The maximum absolute atomic E-state index is 10.4. The predicted molar refractivity (Wildman–Crippen MR) is 125 cm³/mol. The number of rotatable bonds is 12. The van der Waals surface area contributed by atoms with Gasteiger partial charge in [-0.15, -0.1) is 0 Å². The van der Waals surface area contributed by atoms with Gasteiger partial charge >= 0.3 is 6.09 Å². The smallest absolute Gasteiger partial charge is 0.404 e. The van der Waals surface area contributed by atoms with Crippen molar-refractivity contribution in [3.63, 3.8) is 0 Å². The molecule has 0 bridgehead atoms. The number of benzene rings is 1. The first-order valence-electron chi connectivity index (χ1n) is 11.5. The van der Waals surface area contributed by atoms with Gasteiger partial charge in [0.2, 0.25) is 0 Å². The number of carbonyl (C=O) groups is 1. The Morgan fingerprint density at radius 1 is 0.967 bits per heavy atom. The van der Waals surface area contributed by atoms with Gasteiger partial charge in [0.1, 0.15) is 0 Å². The molecular formula is C24H34ClN3O2. The van der Waals surface area contributed by atoms with Crippen LogP contribution in [0.2, 0.25) is 5.02 Å². The number of fused-ring (bicyclic) bond motifs is 2. The van der Waals surface area contributed by atoms with Crippen LogP contribution in [0, 0.1) is 0 Å². The van der Waals surface area contributed by atoms with E-state index >= 15 is 0 Å². The van der Waals surface area contributed by atoms with Gasteiger partial charge in [-0.05, 0) is 62.3 Å². The molecule has 5 nitrogen and oxygen atoms in total. The minimum absolute atomic E-state index is 0.569. The Labute approximate surface area is 184 Å². The number of aryl methyl sites for hydroxylation is 1. The molecule has 164 valence electrons. The quantitative estimate of drug-likeness (QED) is 0.332. The molecule has 1 aromatic carbocycles. The van der Waals surface area contributed by atoms with Gasteiger partial charge in [-0.3, -0.25) is 4.98 Å². The molecule has 1 aliphatic carbocycles. The number of pyridine rings is 1. The monoisotopic (exact) mass is 431 g/mol.